The Bertz CT molecular complexity index is 336. The molecule has 1 amide bonds. The van der Waals surface area contributed by atoms with Gasteiger partial charge >= 0.3 is 0 Å². The van der Waals surface area contributed by atoms with Gasteiger partial charge in [0.15, 0.2) is 0 Å². The summed E-state index contributed by atoms with van der Waals surface area (Å²) in [5.41, 5.74) is 3.28. The van der Waals surface area contributed by atoms with Crippen molar-refractivity contribution in [3.8, 4) is 0 Å². The highest BCUT2D eigenvalue weighted by Crippen LogP contribution is 2.18. The van der Waals surface area contributed by atoms with Crippen molar-refractivity contribution in [1.29, 1.82) is 0 Å². The predicted molar refractivity (Wildman–Crippen MR) is 58.7 cm³/mol. The van der Waals surface area contributed by atoms with Crippen molar-refractivity contribution in [3.63, 3.8) is 0 Å². The highest BCUT2D eigenvalue weighted by atomic mass is 32.1. The number of hydrogen-bond donors (Lipinski definition) is 1. The first-order chi connectivity index (χ1) is 6.02. The standard InChI is InChI=1S/C10H13NOS/c1-7-4-5-9(6-8(7)2)11(3)10(12)13/h4-6H,1-3H3,(H,12,13). The van der Waals surface area contributed by atoms with Crippen LogP contribution in [0.5, 0.6) is 0 Å². The van der Waals surface area contributed by atoms with Gasteiger partial charge < -0.3 is 4.90 Å². The molecule has 0 bridgehead atoms. The zero-order valence-corrected chi connectivity index (χ0v) is 8.93. The average molecular weight is 195 g/mol. The molecule has 1 aromatic rings. The first kappa shape index (κ1) is 10.1. The number of carbonyl (C=O) groups excluding carboxylic acids is 1. The number of nitrogens with zero attached hydrogens (tertiary/aromatic N) is 1. The quantitative estimate of drug-likeness (QED) is 0.683. The average Bonchev–Trinajstić information content (AvgIpc) is 2.08. The molecule has 0 aliphatic heterocycles. The molecule has 0 N–H and O–H groups in total. The zero-order chi connectivity index (χ0) is 10.0. The van der Waals surface area contributed by atoms with Gasteiger partial charge in [-0.1, -0.05) is 18.7 Å². The topological polar surface area (TPSA) is 20.3 Å². The summed E-state index contributed by atoms with van der Waals surface area (Å²) in [5.74, 6) is 0. The number of benzene rings is 1. The van der Waals surface area contributed by atoms with Gasteiger partial charge in [0, 0.05) is 12.7 Å². The molecule has 0 heterocycles. The molecule has 0 unspecified atom stereocenters. The second-order valence-electron chi connectivity index (χ2n) is 3.11. The molecular formula is C10H13NOS. The third-order valence-corrected chi connectivity index (χ3v) is 2.46. The SMILES string of the molecule is Cc1ccc(N(C)C(=O)S)cc1C. The molecular weight excluding hydrogens is 182 g/mol. The molecule has 0 aromatic heterocycles. The molecule has 2 nitrogen and oxygen atoms in total. The van der Waals surface area contributed by atoms with Crippen molar-refractivity contribution >= 4 is 23.6 Å². The Morgan fingerprint density at radius 1 is 1.31 bits per heavy atom. The van der Waals surface area contributed by atoms with Crippen LogP contribution < -0.4 is 4.90 Å². The zero-order valence-electron chi connectivity index (χ0n) is 8.03. The number of hydrogen-bond acceptors (Lipinski definition) is 1. The van der Waals surface area contributed by atoms with Crippen LogP contribution in [0.15, 0.2) is 18.2 Å². The summed E-state index contributed by atoms with van der Waals surface area (Å²) in [5, 5.41) is -0.247. The second-order valence-corrected chi connectivity index (χ2v) is 3.49. The Balaban J connectivity index is 3.03. The van der Waals surface area contributed by atoms with E-state index in [4.69, 9.17) is 0 Å². The van der Waals surface area contributed by atoms with Crippen molar-refractivity contribution in [2.75, 3.05) is 11.9 Å². The maximum atomic E-state index is 10.9. The molecule has 0 spiro atoms. The summed E-state index contributed by atoms with van der Waals surface area (Å²) in [6.45, 7) is 4.07. The smallest absolute Gasteiger partial charge is 0.282 e. The first-order valence-electron chi connectivity index (χ1n) is 4.06. The van der Waals surface area contributed by atoms with Gasteiger partial charge in [-0.25, -0.2) is 0 Å². The molecule has 1 rings (SSSR count). The normalized spacial score (nSPS) is 9.85. The number of rotatable bonds is 1. The minimum absolute atomic E-state index is 0.247. The lowest BCUT2D eigenvalue weighted by Crippen LogP contribution is -2.19. The van der Waals surface area contributed by atoms with Crippen LogP contribution in [0.4, 0.5) is 10.5 Å². The number of amides is 1. The largest absolute Gasteiger partial charge is 0.307 e. The van der Waals surface area contributed by atoms with Crippen molar-refractivity contribution in [2.24, 2.45) is 0 Å². The van der Waals surface area contributed by atoms with Gasteiger partial charge in [-0.3, -0.25) is 4.79 Å². The lowest BCUT2D eigenvalue weighted by molar-refractivity contribution is 0.266. The summed E-state index contributed by atoms with van der Waals surface area (Å²) in [6, 6.07) is 5.89. The summed E-state index contributed by atoms with van der Waals surface area (Å²) in [7, 11) is 1.71. The van der Waals surface area contributed by atoms with Gasteiger partial charge in [0.2, 0.25) is 0 Å². The van der Waals surface area contributed by atoms with E-state index in [0.29, 0.717) is 0 Å². The highest BCUT2D eigenvalue weighted by Gasteiger charge is 2.06. The van der Waals surface area contributed by atoms with Gasteiger partial charge in [-0.15, -0.1) is 0 Å². The molecule has 0 aliphatic rings. The Morgan fingerprint density at radius 2 is 1.92 bits per heavy atom. The van der Waals surface area contributed by atoms with E-state index < -0.39 is 0 Å². The maximum absolute atomic E-state index is 10.9. The monoisotopic (exact) mass is 195 g/mol. The molecule has 0 atom stereocenters. The summed E-state index contributed by atoms with van der Waals surface area (Å²) >= 11 is 3.75. The summed E-state index contributed by atoms with van der Waals surface area (Å²) < 4.78 is 0. The van der Waals surface area contributed by atoms with E-state index in [9.17, 15) is 4.79 Å². The van der Waals surface area contributed by atoms with Crippen molar-refractivity contribution in [3.05, 3.63) is 29.3 Å². The van der Waals surface area contributed by atoms with Crippen LogP contribution in [0.2, 0.25) is 0 Å². The Hall–Kier alpha value is -0.960. The fourth-order valence-corrected chi connectivity index (χ4v) is 1.16. The Morgan fingerprint density at radius 3 is 2.38 bits per heavy atom. The first-order valence-corrected chi connectivity index (χ1v) is 4.51. The lowest BCUT2D eigenvalue weighted by atomic mass is 10.1. The molecule has 0 radical (unpaired) electrons. The molecule has 0 fully saturated rings. The van der Waals surface area contributed by atoms with E-state index in [1.807, 2.05) is 32.0 Å². The molecule has 70 valence electrons. The molecule has 0 saturated carbocycles. The third-order valence-electron chi connectivity index (χ3n) is 2.16. The van der Waals surface area contributed by atoms with Crippen molar-refractivity contribution in [2.45, 2.75) is 13.8 Å². The predicted octanol–water partition coefficient (Wildman–Crippen LogP) is 2.79. The van der Waals surface area contributed by atoms with Crippen LogP contribution in [0.3, 0.4) is 0 Å². The second kappa shape index (κ2) is 3.83. The van der Waals surface area contributed by atoms with E-state index in [-0.39, 0.29) is 5.24 Å². The fourth-order valence-electron chi connectivity index (χ4n) is 1.04. The van der Waals surface area contributed by atoms with Crippen molar-refractivity contribution in [1.82, 2.24) is 0 Å². The number of aryl methyl sites for hydroxylation is 2. The summed E-state index contributed by atoms with van der Waals surface area (Å²) in [4.78, 5) is 12.4. The fraction of sp³-hybridized carbons (Fsp3) is 0.300. The molecule has 0 aliphatic carbocycles. The van der Waals surface area contributed by atoms with Gasteiger partial charge in [0.05, 0.1) is 0 Å². The number of anilines is 1. The third kappa shape index (κ3) is 2.25. The summed E-state index contributed by atoms with van der Waals surface area (Å²) in [6.07, 6.45) is 0. The van der Waals surface area contributed by atoms with Crippen LogP contribution in [-0.2, 0) is 0 Å². The minimum atomic E-state index is -0.247. The van der Waals surface area contributed by atoms with E-state index in [0.717, 1.165) is 5.69 Å². The van der Waals surface area contributed by atoms with E-state index >= 15 is 0 Å². The maximum Gasteiger partial charge on any atom is 0.282 e. The number of thiol groups is 1. The highest BCUT2D eigenvalue weighted by molar-refractivity contribution is 7.96. The Kier molecular flexibility index (Phi) is 2.98. The van der Waals surface area contributed by atoms with Crippen LogP contribution in [-0.4, -0.2) is 12.3 Å². The van der Waals surface area contributed by atoms with E-state index in [2.05, 4.69) is 12.6 Å². The molecule has 0 saturated heterocycles. The minimum Gasteiger partial charge on any atom is -0.307 e. The van der Waals surface area contributed by atoms with Crippen molar-refractivity contribution < 1.29 is 4.79 Å². The van der Waals surface area contributed by atoms with Crippen LogP contribution in [0, 0.1) is 13.8 Å². The Labute approximate surface area is 84.0 Å². The van der Waals surface area contributed by atoms with Gasteiger partial charge in [-0.05, 0) is 37.1 Å². The van der Waals surface area contributed by atoms with E-state index in [1.165, 1.54) is 16.0 Å². The van der Waals surface area contributed by atoms with E-state index in [1.54, 1.807) is 7.05 Å². The molecule has 13 heavy (non-hydrogen) atoms. The van der Waals surface area contributed by atoms with Gasteiger partial charge in [-0.2, -0.15) is 0 Å². The van der Waals surface area contributed by atoms with Crippen LogP contribution >= 0.6 is 12.6 Å². The van der Waals surface area contributed by atoms with Crippen LogP contribution in [0.1, 0.15) is 11.1 Å². The van der Waals surface area contributed by atoms with Gasteiger partial charge in [0.1, 0.15) is 0 Å². The number of carbonyl (C=O) groups is 1. The molecule has 1 aromatic carbocycles. The van der Waals surface area contributed by atoms with Crippen LogP contribution in [0.25, 0.3) is 0 Å². The van der Waals surface area contributed by atoms with Gasteiger partial charge in [0.25, 0.3) is 5.24 Å². The molecule has 3 heteroatoms. The lowest BCUT2D eigenvalue weighted by Gasteiger charge is -2.15.